The molecule has 1 saturated heterocycles. The van der Waals surface area contributed by atoms with Crippen molar-refractivity contribution in [3.8, 4) is 22.7 Å². The lowest BCUT2D eigenvalue weighted by Gasteiger charge is -2.14. The molecule has 134 valence electrons. The molecule has 1 aliphatic heterocycles. The average molecular weight is 351 g/mol. The van der Waals surface area contributed by atoms with Crippen LogP contribution in [0.25, 0.3) is 16.9 Å². The number of hydrogen-bond acceptors (Lipinski definition) is 3. The maximum Gasteiger partial charge on any atom is 0.136 e. The van der Waals surface area contributed by atoms with E-state index < -0.39 is 0 Å². The summed E-state index contributed by atoms with van der Waals surface area (Å²) in [5.74, 6) is 0.195. The second-order valence-corrected chi connectivity index (χ2v) is 6.61. The van der Waals surface area contributed by atoms with E-state index in [1.165, 1.54) is 26.0 Å². The second-order valence-electron chi connectivity index (χ2n) is 6.61. The van der Waals surface area contributed by atoms with Gasteiger partial charge in [-0.15, -0.1) is 0 Å². The lowest BCUT2D eigenvalue weighted by molar-refractivity contribution is 0.332. The van der Waals surface area contributed by atoms with Gasteiger partial charge in [0.1, 0.15) is 17.3 Å². The fourth-order valence-corrected chi connectivity index (χ4v) is 3.46. The van der Waals surface area contributed by atoms with Gasteiger partial charge in [0.05, 0.1) is 12.8 Å². The zero-order valence-corrected chi connectivity index (χ0v) is 14.9. The summed E-state index contributed by atoms with van der Waals surface area (Å²) >= 11 is 0. The monoisotopic (exact) mass is 351 g/mol. The van der Waals surface area contributed by atoms with Crippen molar-refractivity contribution in [1.29, 1.82) is 0 Å². The molecule has 2 aromatic carbocycles. The molecule has 0 spiro atoms. The van der Waals surface area contributed by atoms with Crippen LogP contribution in [0.2, 0.25) is 0 Å². The van der Waals surface area contributed by atoms with E-state index in [4.69, 9.17) is 9.84 Å². The first-order chi connectivity index (χ1) is 12.7. The number of likely N-dealkylation sites (tertiary alicyclic amines) is 1. The van der Waals surface area contributed by atoms with Gasteiger partial charge in [0, 0.05) is 29.9 Å². The fraction of sp³-hybridized carbons (Fsp3) is 0.286. The number of benzene rings is 2. The summed E-state index contributed by atoms with van der Waals surface area (Å²) in [6, 6.07) is 14.9. The molecule has 0 radical (unpaired) electrons. The minimum absolute atomic E-state index is 0.315. The van der Waals surface area contributed by atoms with E-state index in [-0.39, 0.29) is 5.82 Å². The Balaban J connectivity index is 1.77. The number of rotatable bonds is 5. The standard InChI is InChI=1S/C21H22FN3O/c1-26-18-9-10-19(20(22)13-18)21-16(14-24-11-5-6-12-24)15-25(23-21)17-7-3-2-4-8-17/h2-4,7-10,13,15H,5-6,11-12,14H2,1H3. The van der Waals surface area contributed by atoms with Crippen molar-refractivity contribution in [2.45, 2.75) is 19.4 Å². The van der Waals surface area contributed by atoms with Crippen LogP contribution < -0.4 is 4.74 Å². The molecule has 0 atom stereocenters. The van der Waals surface area contributed by atoms with Crippen molar-refractivity contribution < 1.29 is 9.13 Å². The molecule has 1 aromatic heterocycles. The first-order valence-corrected chi connectivity index (χ1v) is 8.95. The van der Waals surface area contributed by atoms with Crippen LogP contribution >= 0.6 is 0 Å². The molecular weight excluding hydrogens is 329 g/mol. The molecule has 26 heavy (non-hydrogen) atoms. The lowest BCUT2D eigenvalue weighted by atomic mass is 10.1. The van der Waals surface area contributed by atoms with E-state index in [1.54, 1.807) is 12.1 Å². The van der Waals surface area contributed by atoms with Crippen molar-refractivity contribution in [2.75, 3.05) is 20.2 Å². The van der Waals surface area contributed by atoms with Crippen LogP contribution in [0.3, 0.4) is 0 Å². The number of para-hydroxylation sites is 1. The van der Waals surface area contributed by atoms with E-state index >= 15 is 0 Å². The molecule has 5 heteroatoms. The first kappa shape index (κ1) is 16.8. The molecule has 1 aliphatic rings. The molecule has 1 fully saturated rings. The number of aromatic nitrogens is 2. The van der Waals surface area contributed by atoms with E-state index in [1.807, 2.05) is 41.2 Å². The van der Waals surface area contributed by atoms with Gasteiger partial charge in [0.25, 0.3) is 0 Å². The topological polar surface area (TPSA) is 30.3 Å². The summed E-state index contributed by atoms with van der Waals surface area (Å²) in [6.45, 7) is 2.95. The maximum atomic E-state index is 14.7. The van der Waals surface area contributed by atoms with Crippen LogP contribution in [0.1, 0.15) is 18.4 Å². The Bertz CT molecular complexity index is 886. The molecule has 0 amide bonds. The minimum atomic E-state index is -0.315. The third-order valence-electron chi connectivity index (χ3n) is 4.83. The number of methoxy groups -OCH3 is 1. The molecule has 4 nitrogen and oxygen atoms in total. The lowest BCUT2D eigenvalue weighted by Crippen LogP contribution is -2.18. The Morgan fingerprint density at radius 1 is 1.08 bits per heavy atom. The number of halogens is 1. The Morgan fingerprint density at radius 2 is 1.85 bits per heavy atom. The van der Waals surface area contributed by atoms with E-state index in [2.05, 4.69) is 4.90 Å². The van der Waals surface area contributed by atoms with Gasteiger partial charge in [-0.3, -0.25) is 4.90 Å². The molecule has 2 heterocycles. The minimum Gasteiger partial charge on any atom is -0.497 e. The van der Waals surface area contributed by atoms with Crippen molar-refractivity contribution in [2.24, 2.45) is 0 Å². The van der Waals surface area contributed by atoms with Crippen LogP contribution in [0, 0.1) is 5.82 Å². The largest absolute Gasteiger partial charge is 0.497 e. The van der Waals surface area contributed by atoms with Crippen LogP contribution in [0.15, 0.2) is 54.7 Å². The second kappa shape index (κ2) is 7.30. The highest BCUT2D eigenvalue weighted by Gasteiger charge is 2.20. The SMILES string of the molecule is COc1ccc(-c2nn(-c3ccccc3)cc2CN2CCCC2)c(F)c1. The van der Waals surface area contributed by atoms with Gasteiger partial charge in [-0.05, 0) is 50.2 Å². The number of ether oxygens (including phenoxy) is 1. The molecule has 3 aromatic rings. The highest BCUT2D eigenvalue weighted by molar-refractivity contribution is 5.65. The van der Waals surface area contributed by atoms with E-state index in [0.717, 1.165) is 30.9 Å². The first-order valence-electron chi connectivity index (χ1n) is 8.95. The van der Waals surface area contributed by atoms with Gasteiger partial charge < -0.3 is 4.74 Å². The highest BCUT2D eigenvalue weighted by atomic mass is 19.1. The Kier molecular flexibility index (Phi) is 4.71. The van der Waals surface area contributed by atoms with Crippen molar-refractivity contribution in [3.05, 3.63) is 66.1 Å². The normalized spacial score (nSPS) is 14.7. The molecule has 0 unspecified atom stereocenters. The van der Waals surface area contributed by atoms with E-state index in [0.29, 0.717) is 17.0 Å². The van der Waals surface area contributed by atoms with Gasteiger partial charge in [0.2, 0.25) is 0 Å². The zero-order chi connectivity index (χ0) is 17.9. The summed E-state index contributed by atoms with van der Waals surface area (Å²) in [4.78, 5) is 2.40. The van der Waals surface area contributed by atoms with E-state index in [9.17, 15) is 4.39 Å². The summed E-state index contributed by atoms with van der Waals surface area (Å²) in [5.41, 5.74) is 3.21. The van der Waals surface area contributed by atoms with Crippen LogP contribution in [-0.4, -0.2) is 34.9 Å². The molecule has 4 rings (SSSR count). The van der Waals surface area contributed by atoms with Crippen LogP contribution in [0.5, 0.6) is 5.75 Å². The predicted octanol–water partition coefficient (Wildman–Crippen LogP) is 4.28. The summed E-state index contributed by atoms with van der Waals surface area (Å²) in [7, 11) is 1.54. The fourth-order valence-electron chi connectivity index (χ4n) is 3.46. The highest BCUT2D eigenvalue weighted by Crippen LogP contribution is 2.30. The van der Waals surface area contributed by atoms with Gasteiger partial charge in [-0.1, -0.05) is 18.2 Å². The Hall–Kier alpha value is -2.66. The maximum absolute atomic E-state index is 14.7. The van der Waals surface area contributed by atoms with Crippen LogP contribution in [-0.2, 0) is 6.54 Å². The average Bonchev–Trinajstić information content (AvgIpc) is 3.33. The van der Waals surface area contributed by atoms with Crippen molar-refractivity contribution in [3.63, 3.8) is 0 Å². The molecular formula is C21H22FN3O. The Labute approximate surface area is 152 Å². The van der Waals surface area contributed by atoms with Gasteiger partial charge in [-0.2, -0.15) is 5.10 Å². The molecule has 0 aliphatic carbocycles. The number of hydrogen-bond donors (Lipinski definition) is 0. The van der Waals surface area contributed by atoms with Crippen molar-refractivity contribution >= 4 is 0 Å². The quantitative estimate of drug-likeness (QED) is 0.687. The number of nitrogens with zero attached hydrogens (tertiary/aromatic N) is 3. The molecule has 0 bridgehead atoms. The van der Waals surface area contributed by atoms with Gasteiger partial charge in [-0.25, -0.2) is 9.07 Å². The van der Waals surface area contributed by atoms with Crippen molar-refractivity contribution in [1.82, 2.24) is 14.7 Å². The third-order valence-corrected chi connectivity index (χ3v) is 4.83. The zero-order valence-electron chi connectivity index (χ0n) is 14.9. The summed E-state index contributed by atoms with van der Waals surface area (Å²) < 4.78 is 21.6. The van der Waals surface area contributed by atoms with Gasteiger partial charge >= 0.3 is 0 Å². The molecule has 0 N–H and O–H groups in total. The summed E-state index contributed by atoms with van der Waals surface area (Å²) in [5, 5.41) is 4.72. The Morgan fingerprint density at radius 3 is 2.54 bits per heavy atom. The molecule has 0 saturated carbocycles. The van der Waals surface area contributed by atoms with Gasteiger partial charge in [0.15, 0.2) is 0 Å². The smallest absolute Gasteiger partial charge is 0.136 e. The predicted molar refractivity (Wildman–Crippen MR) is 100 cm³/mol. The van der Waals surface area contributed by atoms with Crippen LogP contribution in [0.4, 0.5) is 4.39 Å². The summed E-state index contributed by atoms with van der Waals surface area (Å²) in [6.07, 6.45) is 4.46. The third kappa shape index (κ3) is 3.35.